The predicted octanol–water partition coefficient (Wildman–Crippen LogP) is 2.74. The molecular weight excluding hydrogens is 212 g/mol. The molecule has 0 spiro atoms. The first-order valence-electron chi connectivity index (χ1n) is 6.32. The van der Waals surface area contributed by atoms with E-state index in [0.717, 1.165) is 30.0 Å². The van der Waals surface area contributed by atoms with Crippen molar-refractivity contribution in [2.75, 3.05) is 6.54 Å². The fraction of sp³-hybridized carbons (Fsp3) is 0.500. The Balaban J connectivity index is 1.93. The molecule has 1 N–H and O–H groups in total. The van der Waals surface area contributed by atoms with Gasteiger partial charge in [-0.15, -0.1) is 0 Å². The van der Waals surface area contributed by atoms with Gasteiger partial charge in [0.05, 0.1) is 0 Å². The summed E-state index contributed by atoms with van der Waals surface area (Å²) >= 11 is 0. The Morgan fingerprint density at radius 3 is 3.06 bits per heavy atom. The second-order valence-corrected chi connectivity index (χ2v) is 5.04. The van der Waals surface area contributed by atoms with Gasteiger partial charge in [0.25, 0.3) is 0 Å². The summed E-state index contributed by atoms with van der Waals surface area (Å²) in [6.07, 6.45) is 3.41. The van der Waals surface area contributed by atoms with Crippen LogP contribution >= 0.6 is 0 Å². The molecule has 3 heteroatoms. The maximum Gasteiger partial charge on any atom is 0.197 e. The molecule has 17 heavy (non-hydrogen) atoms. The Morgan fingerprint density at radius 2 is 2.29 bits per heavy atom. The van der Waals surface area contributed by atoms with Crippen molar-refractivity contribution in [1.82, 2.24) is 10.3 Å². The average molecular weight is 230 g/mol. The molecule has 2 heterocycles. The van der Waals surface area contributed by atoms with E-state index >= 15 is 0 Å². The number of fused-ring (bicyclic) bond motifs is 1. The Bertz CT molecular complexity index is 538. The Hall–Kier alpha value is -1.35. The number of nitrogens with zero attached hydrogens (tertiary/aromatic N) is 1. The molecule has 1 aromatic heterocycles. The number of hydrogen-bond donors (Lipinski definition) is 1. The van der Waals surface area contributed by atoms with Crippen molar-refractivity contribution in [1.29, 1.82) is 0 Å². The smallest absolute Gasteiger partial charge is 0.197 e. The first-order chi connectivity index (χ1) is 8.22. The Morgan fingerprint density at radius 1 is 1.41 bits per heavy atom. The second-order valence-electron chi connectivity index (χ2n) is 5.04. The first kappa shape index (κ1) is 10.8. The summed E-state index contributed by atoms with van der Waals surface area (Å²) in [4.78, 5) is 4.59. The van der Waals surface area contributed by atoms with Gasteiger partial charge in [-0.25, -0.2) is 4.98 Å². The molecule has 1 aromatic carbocycles. The Kier molecular flexibility index (Phi) is 2.63. The number of aromatic nitrogens is 1. The summed E-state index contributed by atoms with van der Waals surface area (Å²) < 4.78 is 5.86. The number of hydrogen-bond acceptors (Lipinski definition) is 3. The summed E-state index contributed by atoms with van der Waals surface area (Å²) in [5.41, 5.74) is 4.37. The molecule has 1 fully saturated rings. The largest absolute Gasteiger partial charge is 0.440 e. The predicted molar refractivity (Wildman–Crippen MR) is 68.2 cm³/mol. The fourth-order valence-corrected chi connectivity index (χ4v) is 2.65. The number of benzene rings is 1. The quantitative estimate of drug-likeness (QED) is 0.862. The molecule has 1 aliphatic rings. The van der Waals surface area contributed by atoms with Crippen LogP contribution in [-0.4, -0.2) is 17.6 Å². The zero-order chi connectivity index (χ0) is 11.8. The van der Waals surface area contributed by atoms with Crippen molar-refractivity contribution in [2.45, 2.75) is 39.2 Å². The van der Waals surface area contributed by atoms with E-state index in [1.807, 2.05) is 0 Å². The molecule has 0 bridgehead atoms. The van der Waals surface area contributed by atoms with E-state index in [1.165, 1.54) is 24.0 Å². The van der Waals surface area contributed by atoms with Crippen LogP contribution in [0.2, 0.25) is 0 Å². The molecule has 90 valence electrons. The van der Waals surface area contributed by atoms with Crippen LogP contribution in [0.4, 0.5) is 0 Å². The average Bonchev–Trinajstić information content (AvgIpc) is 2.87. The SMILES string of the molecule is Cc1cc(C)c2oc(CC3CCCN3)nc2c1. The molecule has 1 unspecified atom stereocenters. The lowest BCUT2D eigenvalue weighted by Crippen LogP contribution is -2.23. The van der Waals surface area contributed by atoms with Crippen LogP contribution in [0.15, 0.2) is 16.5 Å². The molecule has 0 radical (unpaired) electrons. The van der Waals surface area contributed by atoms with E-state index in [9.17, 15) is 0 Å². The van der Waals surface area contributed by atoms with Gasteiger partial charge < -0.3 is 9.73 Å². The highest BCUT2D eigenvalue weighted by Gasteiger charge is 2.18. The number of oxazole rings is 1. The van der Waals surface area contributed by atoms with E-state index < -0.39 is 0 Å². The van der Waals surface area contributed by atoms with Crippen LogP contribution < -0.4 is 5.32 Å². The van der Waals surface area contributed by atoms with Crippen molar-refractivity contribution in [3.63, 3.8) is 0 Å². The van der Waals surface area contributed by atoms with Gasteiger partial charge in [-0.05, 0) is 50.4 Å². The van der Waals surface area contributed by atoms with Crippen LogP contribution in [0.3, 0.4) is 0 Å². The standard InChI is InChI=1S/C14H18N2O/c1-9-6-10(2)14-12(7-9)16-13(17-14)8-11-4-3-5-15-11/h6-7,11,15H,3-5,8H2,1-2H3. The number of aryl methyl sites for hydroxylation is 2. The maximum atomic E-state index is 5.86. The van der Waals surface area contributed by atoms with E-state index in [0.29, 0.717) is 6.04 Å². The maximum absolute atomic E-state index is 5.86. The number of rotatable bonds is 2. The van der Waals surface area contributed by atoms with Crippen molar-refractivity contribution in [3.05, 3.63) is 29.2 Å². The van der Waals surface area contributed by atoms with Crippen molar-refractivity contribution in [3.8, 4) is 0 Å². The van der Waals surface area contributed by atoms with Gasteiger partial charge in [0.1, 0.15) is 5.52 Å². The Labute approximate surface area is 101 Å². The van der Waals surface area contributed by atoms with Crippen LogP contribution in [-0.2, 0) is 6.42 Å². The normalized spacial score (nSPS) is 20.2. The summed E-state index contributed by atoms with van der Waals surface area (Å²) in [6.45, 7) is 5.31. The lowest BCUT2D eigenvalue weighted by molar-refractivity contribution is 0.477. The molecule has 0 saturated carbocycles. The van der Waals surface area contributed by atoms with E-state index in [-0.39, 0.29) is 0 Å². The summed E-state index contributed by atoms with van der Waals surface area (Å²) in [6, 6.07) is 4.78. The molecular formula is C14H18N2O. The molecule has 1 saturated heterocycles. The second kappa shape index (κ2) is 4.15. The first-order valence-corrected chi connectivity index (χ1v) is 6.32. The summed E-state index contributed by atoms with van der Waals surface area (Å²) in [5, 5.41) is 3.48. The highest BCUT2D eigenvalue weighted by Crippen LogP contribution is 2.23. The van der Waals surface area contributed by atoms with E-state index in [1.54, 1.807) is 0 Å². The third-order valence-electron chi connectivity index (χ3n) is 3.45. The third-order valence-corrected chi connectivity index (χ3v) is 3.45. The summed E-state index contributed by atoms with van der Waals surface area (Å²) in [7, 11) is 0. The van der Waals surface area contributed by atoms with Crippen molar-refractivity contribution in [2.24, 2.45) is 0 Å². The van der Waals surface area contributed by atoms with Crippen molar-refractivity contribution >= 4 is 11.1 Å². The van der Waals surface area contributed by atoms with Gasteiger partial charge in [0, 0.05) is 12.5 Å². The molecule has 1 atom stereocenters. The highest BCUT2D eigenvalue weighted by molar-refractivity contribution is 5.77. The number of nitrogens with one attached hydrogen (secondary N) is 1. The van der Waals surface area contributed by atoms with Gasteiger partial charge in [-0.2, -0.15) is 0 Å². The zero-order valence-corrected chi connectivity index (χ0v) is 10.4. The van der Waals surface area contributed by atoms with Gasteiger partial charge in [-0.1, -0.05) is 6.07 Å². The van der Waals surface area contributed by atoms with Crippen LogP contribution in [0.1, 0.15) is 29.9 Å². The molecule has 0 aliphatic carbocycles. The van der Waals surface area contributed by atoms with Gasteiger partial charge >= 0.3 is 0 Å². The lowest BCUT2D eigenvalue weighted by Gasteiger charge is -2.05. The van der Waals surface area contributed by atoms with Crippen LogP contribution in [0, 0.1) is 13.8 Å². The monoisotopic (exact) mass is 230 g/mol. The van der Waals surface area contributed by atoms with Gasteiger partial charge in [-0.3, -0.25) is 0 Å². The minimum Gasteiger partial charge on any atom is -0.440 e. The molecule has 3 rings (SSSR count). The van der Waals surface area contributed by atoms with Crippen molar-refractivity contribution < 1.29 is 4.42 Å². The third kappa shape index (κ3) is 2.07. The lowest BCUT2D eigenvalue weighted by atomic mass is 10.1. The minimum absolute atomic E-state index is 0.546. The minimum atomic E-state index is 0.546. The summed E-state index contributed by atoms with van der Waals surface area (Å²) in [5.74, 6) is 0.869. The van der Waals surface area contributed by atoms with E-state index in [4.69, 9.17) is 4.42 Å². The molecule has 3 nitrogen and oxygen atoms in total. The molecule has 2 aromatic rings. The topological polar surface area (TPSA) is 38.1 Å². The van der Waals surface area contributed by atoms with Crippen LogP contribution in [0.25, 0.3) is 11.1 Å². The fourth-order valence-electron chi connectivity index (χ4n) is 2.65. The molecule has 1 aliphatic heterocycles. The van der Waals surface area contributed by atoms with E-state index in [2.05, 4.69) is 36.3 Å². The zero-order valence-electron chi connectivity index (χ0n) is 10.4. The highest BCUT2D eigenvalue weighted by atomic mass is 16.3. The van der Waals surface area contributed by atoms with Gasteiger partial charge in [0.2, 0.25) is 0 Å². The molecule has 0 amide bonds. The van der Waals surface area contributed by atoms with Crippen LogP contribution in [0.5, 0.6) is 0 Å². The van der Waals surface area contributed by atoms with Gasteiger partial charge in [0.15, 0.2) is 11.5 Å².